The highest BCUT2D eigenvalue weighted by Crippen LogP contribution is 2.49. The molecule has 0 unspecified atom stereocenters. The number of fused-ring (bicyclic) bond motifs is 2. The lowest BCUT2D eigenvalue weighted by Crippen LogP contribution is -2.40. The number of rotatable bonds is 3. The van der Waals surface area contributed by atoms with E-state index in [1.165, 1.54) is 25.7 Å². The van der Waals surface area contributed by atoms with E-state index in [1.807, 2.05) is 30.0 Å². The molecular formula is C20H25ClN2OS. The lowest BCUT2D eigenvalue weighted by molar-refractivity contribution is -0.128. The molecule has 1 aliphatic heterocycles. The summed E-state index contributed by atoms with van der Waals surface area (Å²) >= 11 is 7.91. The third-order valence-corrected chi connectivity index (χ3v) is 7.46. The predicted molar refractivity (Wildman–Crippen MR) is 106 cm³/mol. The van der Waals surface area contributed by atoms with E-state index in [9.17, 15) is 4.79 Å². The Morgan fingerprint density at radius 1 is 1.36 bits per heavy atom. The molecule has 2 aliphatic carbocycles. The van der Waals surface area contributed by atoms with Crippen molar-refractivity contribution in [1.82, 2.24) is 4.90 Å². The average Bonchev–Trinajstić information content (AvgIpc) is 3.21. The Kier molecular flexibility index (Phi) is 5.10. The summed E-state index contributed by atoms with van der Waals surface area (Å²) in [5.74, 6) is 3.58. The van der Waals surface area contributed by atoms with Gasteiger partial charge in [-0.15, -0.1) is 0 Å². The van der Waals surface area contributed by atoms with Crippen molar-refractivity contribution in [2.75, 3.05) is 12.3 Å². The average molecular weight is 377 g/mol. The van der Waals surface area contributed by atoms with Gasteiger partial charge in [-0.3, -0.25) is 9.69 Å². The Morgan fingerprint density at radius 3 is 2.96 bits per heavy atom. The maximum Gasteiger partial charge on any atom is 0.228 e. The summed E-state index contributed by atoms with van der Waals surface area (Å²) in [5.41, 5.74) is 1.88. The number of nitrogens with zero attached hydrogens (tertiary/aromatic N) is 2. The number of benzene rings is 1. The van der Waals surface area contributed by atoms with Crippen LogP contribution in [-0.4, -0.2) is 28.3 Å². The largest absolute Gasteiger partial charge is 0.291 e. The minimum Gasteiger partial charge on any atom is -0.291 e. The molecule has 134 valence electrons. The minimum atomic E-state index is 0.265. The summed E-state index contributed by atoms with van der Waals surface area (Å²) in [6, 6.07) is 5.84. The van der Waals surface area contributed by atoms with Crippen molar-refractivity contribution in [1.29, 1.82) is 0 Å². The Labute approximate surface area is 159 Å². The Balaban J connectivity index is 1.49. The normalized spacial score (nSPS) is 30.2. The minimum absolute atomic E-state index is 0.265. The zero-order chi connectivity index (χ0) is 17.4. The number of hydrogen-bond donors (Lipinski definition) is 0. The number of hydrogen-bond acceptors (Lipinski definition) is 3. The number of halogens is 1. The second-order valence-electron chi connectivity index (χ2n) is 7.71. The molecule has 2 bridgehead atoms. The first-order chi connectivity index (χ1) is 12.1. The van der Waals surface area contributed by atoms with Gasteiger partial charge in [0.25, 0.3) is 0 Å². The van der Waals surface area contributed by atoms with Crippen LogP contribution in [0.2, 0.25) is 5.02 Å². The molecular weight excluding hydrogens is 352 g/mol. The lowest BCUT2D eigenvalue weighted by atomic mass is 9.86. The number of amides is 1. The van der Waals surface area contributed by atoms with Gasteiger partial charge in [0.1, 0.15) is 0 Å². The van der Waals surface area contributed by atoms with Crippen molar-refractivity contribution < 1.29 is 4.79 Å². The maximum atomic E-state index is 13.0. The molecule has 3 aliphatic rings. The van der Waals surface area contributed by atoms with Gasteiger partial charge in [0, 0.05) is 23.7 Å². The third-order valence-electron chi connectivity index (χ3n) is 5.99. The molecule has 0 radical (unpaired) electrons. The molecule has 25 heavy (non-hydrogen) atoms. The molecule has 2 saturated carbocycles. The molecule has 0 aromatic heterocycles. The van der Waals surface area contributed by atoms with Gasteiger partial charge in [-0.1, -0.05) is 35.9 Å². The molecule has 0 N–H and O–H groups in total. The monoisotopic (exact) mass is 376 g/mol. The van der Waals surface area contributed by atoms with Gasteiger partial charge in [0.15, 0.2) is 5.17 Å². The zero-order valence-electron chi connectivity index (χ0n) is 14.7. The zero-order valence-corrected chi connectivity index (χ0v) is 16.3. The molecule has 4 rings (SSSR count). The van der Waals surface area contributed by atoms with Crippen LogP contribution in [0.15, 0.2) is 23.2 Å². The predicted octanol–water partition coefficient (Wildman–Crippen LogP) is 5.43. The van der Waals surface area contributed by atoms with E-state index in [1.54, 1.807) is 11.8 Å². The quantitative estimate of drug-likeness (QED) is 0.704. The standard InChI is InChI=1S/C20H25ClN2OS/c1-13-3-6-17(12-18(13)21)22-20-23(7-2-8-25-20)19(24)11-16-10-14-4-5-15(16)9-14/h3,6,12,14-16H,2,4-5,7-11H2,1H3/t14-,15+,16-/m0/s1. The van der Waals surface area contributed by atoms with Crippen LogP contribution in [0.25, 0.3) is 0 Å². The van der Waals surface area contributed by atoms with Crippen molar-refractivity contribution in [3.05, 3.63) is 28.8 Å². The molecule has 1 amide bonds. The highest BCUT2D eigenvalue weighted by molar-refractivity contribution is 8.13. The van der Waals surface area contributed by atoms with Gasteiger partial charge in [-0.05, 0) is 68.1 Å². The van der Waals surface area contributed by atoms with E-state index in [4.69, 9.17) is 16.6 Å². The molecule has 1 aromatic carbocycles. The summed E-state index contributed by atoms with van der Waals surface area (Å²) in [7, 11) is 0. The van der Waals surface area contributed by atoms with Crippen LogP contribution in [0.5, 0.6) is 0 Å². The Bertz CT molecular complexity index is 705. The van der Waals surface area contributed by atoms with Crippen LogP contribution in [0, 0.1) is 24.7 Å². The molecule has 1 saturated heterocycles. The van der Waals surface area contributed by atoms with E-state index >= 15 is 0 Å². The molecule has 3 atom stereocenters. The summed E-state index contributed by atoms with van der Waals surface area (Å²) in [5, 5.41) is 1.57. The molecule has 3 fully saturated rings. The summed E-state index contributed by atoms with van der Waals surface area (Å²) < 4.78 is 0. The fourth-order valence-corrected chi connectivity index (χ4v) is 5.76. The third kappa shape index (κ3) is 3.75. The smallest absolute Gasteiger partial charge is 0.228 e. The van der Waals surface area contributed by atoms with Crippen LogP contribution >= 0.6 is 23.4 Å². The maximum absolute atomic E-state index is 13.0. The van der Waals surface area contributed by atoms with E-state index in [0.29, 0.717) is 12.3 Å². The molecule has 3 nitrogen and oxygen atoms in total. The first-order valence-electron chi connectivity index (χ1n) is 9.38. The van der Waals surface area contributed by atoms with Gasteiger partial charge in [0.2, 0.25) is 5.91 Å². The van der Waals surface area contributed by atoms with E-state index in [2.05, 4.69) is 0 Å². The van der Waals surface area contributed by atoms with E-state index < -0.39 is 0 Å². The molecule has 0 spiro atoms. The lowest BCUT2D eigenvalue weighted by Gasteiger charge is -2.30. The number of carbonyl (C=O) groups excluding carboxylic acids is 1. The second-order valence-corrected chi connectivity index (χ2v) is 9.18. The van der Waals surface area contributed by atoms with Crippen molar-refractivity contribution >= 4 is 40.1 Å². The van der Waals surface area contributed by atoms with Gasteiger partial charge < -0.3 is 0 Å². The van der Waals surface area contributed by atoms with E-state index in [0.717, 1.165) is 52.0 Å². The van der Waals surface area contributed by atoms with Crippen LogP contribution < -0.4 is 0 Å². The Morgan fingerprint density at radius 2 is 2.24 bits per heavy atom. The van der Waals surface area contributed by atoms with Gasteiger partial charge in [-0.2, -0.15) is 0 Å². The fraction of sp³-hybridized carbons (Fsp3) is 0.600. The topological polar surface area (TPSA) is 32.7 Å². The second kappa shape index (κ2) is 7.32. The first kappa shape index (κ1) is 17.4. The number of amidine groups is 1. The Hall–Kier alpha value is -1.00. The molecule has 5 heteroatoms. The molecule has 1 aromatic rings. The molecule has 1 heterocycles. The number of carbonyl (C=O) groups is 1. The number of aryl methyl sites for hydroxylation is 1. The van der Waals surface area contributed by atoms with Gasteiger partial charge >= 0.3 is 0 Å². The van der Waals surface area contributed by atoms with Crippen LogP contribution in [0.1, 0.15) is 44.1 Å². The summed E-state index contributed by atoms with van der Waals surface area (Å²) in [4.78, 5) is 19.6. The first-order valence-corrected chi connectivity index (χ1v) is 10.7. The fourth-order valence-electron chi connectivity index (χ4n) is 4.61. The highest BCUT2D eigenvalue weighted by Gasteiger charge is 2.41. The van der Waals surface area contributed by atoms with Crippen LogP contribution in [0.4, 0.5) is 5.69 Å². The number of thioether (sulfide) groups is 1. The van der Waals surface area contributed by atoms with Gasteiger partial charge in [0.05, 0.1) is 5.69 Å². The van der Waals surface area contributed by atoms with Crippen molar-refractivity contribution in [3.63, 3.8) is 0 Å². The van der Waals surface area contributed by atoms with Crippen molar-refractivity contribution in [2.24, 2.45) is 22.7 Å². The number of aliphatic imine (C=N–C) groups is 1. The summed E-state index contributed by atoms with van der Waals surface area (Å²) in [6.07, 6.45) is 7.08. The summed E-state index contributed by atoms with van der Waals surface area (Å²) in [6.45, 7) is 2.78. The van der Waals surface area contributed by atoms with Crippen molar-refractivity contribution in [2.45, 2.75) is 45.4 Å². The van der Waals surface area contributed by atoms with E-state index in [-0.39, 0.29) is 5.91 Å². The highest BCUT2D eigenvalue weighted by atomic mass is 35.5. The van der Waals surface area contributed by atoms with Crippen LogP contribution in [-0.2, 0) is 4.79 Å². The van der Waals surface area contributed by atoms with Gasteiger partial charge in [-0.25, -0.2) is 4.99 Å². The SMILES string of the molecule is Cc1ccc(N=C2SCCCN2C(=O)C[C@@H]2C[C@H]3CC[C@@H]2C3)cc1Cl. The van der Waals surface area contributed by atoms with Crippen molar-refractivity contribution in [3.8, 4) is 0 Å². The van der Waals surface area contributed by atoms with Crippen LogP contribution in [0.3, 0.4) is 0 Å².